The highest BCUT2D eigenvalue weighted by atomic mass is 32.2. The molecular formula is C28H43NO5S2. The summed E-state index contributed by atoms with van der Waals surface area (Å²) in [4.78, 5) is 13.2. The van der Waals surface area contributed by atoms with Crippen LogP contribution in [0.3, 0.4) is 0 Å². The minimum Gasteiger partial charge on any atom is -0.491 e. The summed E-state index contributed by atoms with van der Waals surface area (Å²) in [5.74, 6) is 0.302. The van der Waals surface area contributed by atoms with Crippen LogP contribution in [0, 0.1) is 19.3 Å². The van der Waals surface area contributed by atoms with Crippen molar-refractivity contribution < 1.29 is 23.6 Å². The van der Waals surface area contributed by atoms with Gasteiger partial charge in [-0.2, -0.15) is 0 Å². The fourth-order valence-electron chi connectivity index (χ4n) is 4.14. The molecule has 2 atom stereocenters. The number of esters is 1. The Labute approximate surface area is 223 Å². The van der Waals surface area contributed by atoms with Crippen LogP contribution in [-0.4, -0.2) is 40.6 Å². The monoisotopic (exact) mass is 537 g/mol. The number of thiophene rings is 1. The third-order valence-corrected chi connectivity index (χ3v) is 10.2. The van der Waals surface area contributed by atoms with Gasteiger partial charge in [-0.15, -0.1) is 11.3 Å². The van der Waals surface area contributed by atoms with E-state index in [1.807, 2.05) is 40.7 Å². The lowest BCUT2D eigenvalue weighted by Crippen LogP contribution is -2.48. The van der Waals surface area contributed by atoms with Crippen LogP contribution in [0.1, 0.15) is 82.9 Å². The van der Waals surface area contributed by atoms with Gasteiger partial charge in [0.1, 0.15) is 33.1 Å². The van der Waals surface area contributed by atoms with Gasteiger partial charge >= 0.3 is 5.97 Å². The molecule has 0 fully saturated rings. The quantitative estimate of drug-likeness (QED) is 0.353. The molecule has 0 spiro atoms. The SMILES string of the molecule is CCC(CC)(c1ccc(OCC(O)C(C)(C)C)c(C)c1)c1cc(C)c(S(=O)NC(C)(C)C(=O)OC)s1. The predicted octanol–water partition coefficient (Wildman–Crippen LogP) is 5.82. The van der Waals surface area contributed by atoms with E-state index in [0.717, 1.165) is 34.6 Å². The van der Waals surface area contributed by atoms with Crippen LogP contribution in [0.2, 0.25) is 0 Å². The summed E-state index contributed by atoms with van der Waals surface area (Å²) in [6.07, 6.45) is 1.19. The van der Waals surface area contributed by atoms with Crippen LogP contribution < -0.4 is 9.46 Å². The first-order valence-corrected chi connectivity index (χ1v) is 14.4. The van der Waals surface area contributed by atoms with Gasteiger partial charge in [0.05, 0.1) is 13.2 Å². The molecule has 0 aliphatic heterocycles. The van der Waals surface area contributed by atoms with Crippen LogP contribution in [0.5, 0.6) is 5.75 Å². The first-order chi connectivity index (χ1) is 16.6. The third kappa shape index (κ3) is 6.57. The number of aliphatic hydroxyl groups is 1. The lowest BCUT2D eigenvalue weighted by atomic mass is 9.74. The first-order valence-electron chi connectivity index (χ1n) is 12.4. The zero-order chi connectivity index (χ0) is 27.5. The summed E-state index contributed by atoms with van der Waals surface area (Å²) < 4.78 is 27.7. The van der Waals surface area contributed by atoms with Crippen LogP contribution in [0.4, 0.5) is 0 Å². The fourth-order valence-corrected chi connectivity index (χ4v) is 7.08. The van der Waals surface area contributed by atoms with E-state index in [1.165, 1.54) is 24.0 Å². The molecular weight excluding hydrogens is 494 g/mol. The number of aryl methyl sites for hydroxylation is 2. The van der Waals surface area contributed by atoms with E-state index >= 15 is 0 Å². The van der Waals surface area contributed by atoms with Gasteiger partial charge in [-0.3, -0.25) is 4.79 Å². The van der Waals surface area contributed by atoms with E-state index in [0.29, 0.717) is 4.21 Å². The van der Waals surface area contributed by atoms with Gasteiger partial charge in [0.2, 0.25) is 0 Å². The maximum absolute atomic E-state index is 13.2. The van der Waals surface area contributed by atoms with Crippen LogP contribution in [0.15, 0.2) is 28.5 Å². The maximum atomic E-state index is 13.2. The summed E-state index contributed by atoms with van der Waals surface area (Å²) in [6, 6.07) is 8.37. The number of nitrogens with one attached hydrogen (secondary N) is 1. The Bertz CT molecular complexity index is 1080. The second kappa shape index (κ2) is 11.8. The van der Waals surface area contributed by atoms with Crippen molar-refractivity contribution in [1.82, 2.24) is 4.72 Å². The molecule has 1 aromatic heterocycles. The largest absolute Gasteiger partial charge is 0.491 e. The van der Waals surface area contributed by atoms with Gasteiger partial charge in [0.25, 0.3) is 0 Å². The number of methoxy groups -OCH3 is 1. The molecule has 36 heavy (non-hydrogen) atoms. The summed E-state index contributed by atoms with van der Waals surface area (Å²) in [7, 11) is -0.235. The van der Waals surface area contributed by atoms with Crippen molar-refractivity contribution in [3.63, 3.8) is 0 Å². The molecule has 0 bridgehead atoms. The van der Waals surface area contributed by atoms with Crippen LogP contribution in [-0.2, 0) is 25.9 Å². The van der Waals surface area contributed by atoms with Gasteiger partial charge < -0.3 is 14.6 Å². The fraction of sp³-hybridized carbons (Fsp3) is 0.607. The standard InChI is InChI=1S/C28H43NO5S2/c1-11-28(12-2,20-13-14-21(18(3)15-20)34-17-22(30)26(5,6)7)23-16-19(4)24(35-23)36(32)29-27(8,9)25(31)33-10/h13-16,22,29-30H,11-12,17H2,1-10H3. The molecule has 2 unspecified atom stereocenters. The molecule has 0 amide bonds. The molecule has 1 heterocycles. The van der Waals surface area contributed by atoms with Crippen molar-refractivity contribution in [3.8, 4) is 5.75 Å². The topological polar surface area (TPSA) is 84.9 Å². The van der Waals surface area contributed by atoms with Crippen molar-refractivity contribution >= 4 is 28.3 Å². The van der Waals surface area contributed by atoms with Crippen molar-refractivity contribution in [2.75, 3.05) is 13.7 Å². The Kier molecular flexibility index (Phi) is 9.96. The lowest BCUT2D eigenvalue weighted by Gasteiger charge is -2.32. The molecule has 8 heteroatoms. The second-order valence-corrected chi connectivity index (χ2v) is 13.5. The van der Waals surface area contributed by atoms with E-state index in [1.54, 1.807) is 13.8 Å². The molecule has 202 valence electrons. The molecule has 0 aliphatic carbocycles. The molecule has 0 aliphatic rings. The second-order valence-electron chi connectivity index (χ2n) is 11.0. The van der Waals surface area contributed by atoms with Crippen molar-refractivity contribution in [1.29, 1.82) is 0 Å². The molecule has 2 aromatic rings. The summed E-state index contributed by atoms with van der Waals surface area (Å²) in [5, 5.41) is 10.4. The number of benzene rings is 1. The number of hydrogen-bond donors (Lipinski definition) is 2. The molecule has 0 saturated carbocycles. The Morgan fingerprint density at radius 2 is 1.69 bits per heavy atom. The van der Waals surface area contributed by atoms with Gasteiger partial charge in [-0.1, -0.05) is 46.8 Å². The van der Waals surface area contributed by atoms with Crippen LogP contribution >= 0.6 is 11.3 Å². The summed E-state index contributed by atoms with van der Waals surface area (Å²) >= 11 is 1.53. The minimum atomic E-state index is -1.56. The maximum Gasteiger partial charge on any atom is 0.326 e. The van der Waals surface area contributed by atoms with E-state index in [4.69, 9.17) is 9.47 Å². The first kappa shape index (κ1) is 30.5. The Hall–Kier alpha value is -1.74. The van der Waals surface area contributed by atoms with Crippen molar-refractivity contribution in [3.05, 3.63) is 45.8 Å². The average molecular weight is 538 g/mol. The van der Waals surface area contributed by atoms with E-state index in [2.05, 4.69) is 36.8 Å². The zero-order valence-electron chi connectivity index (χ0n) is 23.4. The average Bonchev–Trinajstić information content (AvgIpc) is 3.20. The number of carbonyl (C=O) groups excluding carboxylic acids is 1. The van der Waals surface area contributed by atoms with Crippen molar-refractivity contribution in [2.24, 2.45) is 5.41 Å². The van der Waals surface area contributed by atoms with E-state index < -0.39 is 28.6 Å². The minimum absolute atomic E-state index is 0.241. The Balaban J connectivity index is 2.39. The normalized spacial score (nSPS) is 14.4. The Morgan fingerprint density at radius 3 is 2.19 bits per heavy atom. The van der Waals surface area contributed by atoms with Gasteiger partial charge in [0, 0.05) is 10.3 Å². The van der Waals surface area contributed by atoms with Gasteiger partial charge in [-0.05, 0) is 74.8 Å². The molecule has 6 nitrogen and oxygen atoms in total. The molecule has 0 saturated heterocycles. The van der Waals surface area contributed by atoms with Crippen molar-refractivity contribution in [2.45, 2.75) is 96.4 Å². The Morgan fingerprint density at radius 1 is 1.08 bits per heavy atom. The molecule has 1 aromatic carbocycles. The highest BCUT2D eigenvalue weighted by Gasteiger charge is 2.36. The van der Waals surface area contributed by atoms with Gasteiger partial charge in [0.15, 0.2) is 0 Å². The molecule has 2 N–H and O–H groups in total. The number of ether oxygens (including phenoxy) is 2. The number of hydrogen-bond acceptors (Lipinski definition) is 6. The third-order valence-electron chi connectivity index (χ3n) is 6.89. The summed E-state index contributed by atoms with van der Waals surface area (Å²) in [6.45, 7) is 17.9. The highest BCUT2D eigenvalue weighted by Crippen LogP contribution is 2.45. The smallest absolute Gasteiger partial charge is 0.326 e. The number of rotatable bonds is 11. The van der Waals surface area contributed by atoms with Crippen LogP contribution in [0.25, 0.3) is 0 Å². The predicted molar refractivity (Wildman–Crippen MR) is 148 cm³/mol. The van der Waals surface area contributed by atoms with E-state index in [-0.39, 0.29) is 17.4 Å². The number of carbonyl (C=O) groups is 1. The van der Waals surface area contributed by atoms with E-state index in [9.17, 15) is 14.1 Å². The molecule has 2 rings (SSSR count). The summed E-state index contributed by atoms with van der Waals surface area (Å²) in [5.41, 5.74) is 1.55. The lowest BCUT2D eigenvalue weighted by molar-refractivity contribution is -0.146. The highest BCUT2D eigenvalue weighted by molar-refractivity contribution is 7.85. The van der Waals surface area contributed by atoms with Gasteiger partial charge in [-0.25, -0.2) is 8.93 Å². The zero-order valence-corrected chi connectivity index (χ0v) is 25.0. The number of aliphatic hydroxyl groups excluding tert-OH is 1. The molecule has 0 radical (unpaired) electrons.